The van der Waals surface area contributed by atoms with Crippen molar-refractivity contribution in [2.45, 2.75) is 37.8 Å². The summed E-state index contributed by atoms with van der Waals surface area (Å²) in [6.45, 7) is 2.22. The highest BCUT2D eigenvalue weighted by Gasteiger charge is 2.53. The normalized spacial score (nSPS) is 22.4. The third kappa shape index (κ3) is 2.65. The summed E-state index contributed by atoms with van der Waals surface area (Å²) in [6.07, 6.45) is 3.44. The molecule has 1 saturated heterocycles. The molecule has 0 unspecified atom stereocenters. The average Bonchev–Trinajstić information content (AvgIpc) is 3.41. The number of aromatic carboxylic acids is 1. The largest absolute Gasteiger partial charge is 0.491 e. The molecular formula is C18H21NO5. The summed E-state index contributed by atoms with van der Waals surface area (Å²) in [5, 5.41) is 9.15. The SMILES string of the molecule is O=C(O)c1ccc2c(c1)OCC1(CC1)N(C(=O)C1CCOCC1)C2. The number of nitrogens with zero attached hydrogens (tertiary/aromatic N) is 1. The van der Waals surface area contributed by atoms with E-state index in [4.69, 9.17) is 14.6 Å². The van der Waals surface area contributed by atoms with Crippen LogP contribution in [0.3, 0.4) is 0 Å². The fraction of sp³-hybridized carbons (Fsp3) is 0.556. The van der Waals surface area contributed by atoms with Crippen molar-refractivity contribution >= 4 is 11.9 Å². The van der Waals surface area contributed by atoms with Gasteiger partial charge < -0.3 is 19.5 Å². The third-order valence-corrected chi connectivity index (χ3v) is 5.38. The predicted octanol–water partition coefficient (Wildman–Crippen LogP) is 2.07. The van der Waals surface area contributed by atoms with Crippen molar-refractivity contribution in [2.24, 2.45) is 5.92 Å². The van der Waals surface area contributed by atoms with E-state index in [1.54, 1.807) is 18.2 Å². The maximum atomic E-state index is 13.1. The van der Waals surface area contributed by atoms with Crippen LogP contribution in [0.1, 0.15) is 41.6 Å². The van der Waals surface area contributed by atoms with Crippen LogP contribution < -0.4 is 4.74 Å². The molecule has 0 radical (unpaired) electrons. The molecular weight excluding hydrogens is 310 g/mol. The van der Waals surface area contributed by atoms with E-state index >= 15 is 0 Å². The van der Waals surface area contributed by atoms with Gasteiger partial charge in [0, 0.05) is 24.7 Å². The highest BCUT2D eigenvalue weighted by Crippen LogP contribution is 2.46. The minimum Gasteiger partial charge on any atom is -0.491 e. The van der Waals surface area contributed by atoms with E-state index in [9.17, 15) is 9.59 Å². The second-order valence-electron chi connectivity index (χ2n) is 6.95. The van der Waals surface area contributed by atoms with E-state index in [-0.39, 0.29) is 22.9 Å². The number of carboxylic acids is 1. The first-order valence-corrected chi connectivity index (χ1v) is 8.47. The van der Waals surface area contributed by atoms with Gasteiger partial charge in [0.05, 0.1) is 17.6 Å². The fourth-order valence-electron chi connectivity index (χ4n) is 3.62. The first-order valence-electron chi connectivity index (χ1n) is 8.47. The van der Waals surface area contributed by atoms with E-state index in [0.29, 0.717) is 32.1 Å². The molecule has 1 amide bonds. The summed E-state index contributed by atoms with van der Waals surface area (Å²) in [5.74, 6) is -0.170. The van der Waals surface area contributed by atoms with Crippen molar-refractivity contribution in [1.82, 2.24) is 4.90 Å². The summed E-state index contributed by atoms with van der Waals surface area (Å²) in [4.78, 5) is 26.2. The van der Waals surface area contributed by atoms with Gasteiger partial charge in [0.1, 0.15) is 12.4 Å². The van der Waals surface area contributed by atoms with Crippen LogP contribution in [0.25, 0.3) is 0 Å². The summed E-state index contributed by atoms with van der Waals surface area (Å²) in [5.41, 5.74) is 0.879. The third-order valence-electron chi connectivity index (χ3n) is 5.38. The Morgan fingerprint density at radius 1 is 1.21 bits per heavy atom. The first-order chi connectivity index (χ1) is 11.6. The number of rotatable bonds is 2. The molecule has 3 aliphatic rings. The Balaban J connectivity index is 1.62. The second-order valence-corrected chi connectivity index (χ2v) is 6.95. The fourth-order valence-corrected chi connectivity index (χ4v) is 3.62. The number of carbonyl (C=O) groups excluding carboxylic acids is 1. The number of carboxylic acid groups (broad SMARTS) is 1. The molecule has 0 aromatic heterocycles. The van der Waals surface area contributed by atoms with Crippen LogP contribution in [-0.4, -0.2) is 47.2 Å². The number of fused-ring (bicyclic) bond motifs is 1. The number of hydrogen-bond acceptors (Lipinski definition) is 4. The van der Waals surface area contributed by atoms with Gasteiger partial charge in [0.2, 0.25) is 5.91 Å². The predicted molar refractivity (Wildman–Crippen MR) is 85.0 cm³/mol. The van der Waals surface area contributed by atoms with E-state index < -0.39 is 5.97 Å². The molecule has 1 aliphatic carbocycles. The molecule has 0 bridgehead atoms. The lowest BCUT2D eigenvalue weighted by Crippen LogP contribution is -2.47. The lowest BCUT2D eigenvalue weighted by molar-refractivity contribution is -0.143. The van der Waals surface area contributed by atoms with Crippen LogP contribution in [0.4, 0.5) is 0 Å². The second kappa shape index (κ2) is 5.77. The van der Waals surface area contributed by atoms with Crippen LogP contribution in [0.2, 0.25) is 0 Å². The maximum Gasteiger partial charge on any atom is 0.335 e. The van der Waals surface area contributed by atoms with Crippen LogP contribution in [-0.2, 0) is 16.1 Å². The Morgan fingerprint density at radius 2 is 1.96 bits per heavy atom. The molecule has 2 aliphatic heterocycles. The zero-order valence-corrected chi connectivity index (χ0v) is 13.5. The van der Waals surface area contributed by atoms with Gasteiger partial charge in [0.25, 0.3) is 0 Å². The van der Waals surface area contributed by atoms with E-state index in [1.807, 2.05) is 4.90 Å². The molecule has 1 N–H and O–H groups in total. The zero-order valence-electron chi connectivity index (χ0n) is 13.5. The van der Waals surface area contributed by atoms with Gasteiger partial charge in [-0.05, 0) is 37.8 Å². The summed E-state index contributed by atoms with van der Waals surface area (Å²) in [6, 6.07) is 4.91. The zero-order chi connectivity index (χ0) is 16.7. The lowest BCUT2D eigenvalue weighted by atomic mass is 9.97. The van der Waals surface area contributed by atoms with Crippen LogP contribution in [0.5, 0.6) is 5.75 Å². The van der Waals surface area contributed by atoms with Crippen molar-refractivity contribution in [1.29, 1.82) is 0 Å². The Kier molecular flexibility index (Phi) is 3.72. The smallest absolute Gasteiger partial charge is 0.335 e. The molecule has 1 aromatic rings. The molecule has 24 heavy (non-hydrogen) atoms. The van der Waals surface area contributed by atoms with Crippen molar-refractivity contribution in [2.75, 3.05) is 19.8 Å². The van der Waals surface area contributed by atoms with E-state index in [1.165, 1.54) is 0 Å². The minimum absolute atomic E-state index is 0.0241. The van der Waals surface area contributed by atoms with Crippen LogP contribution in [0.15, 0.2) is 18.2 Å². The summed E-state index contributed by atoms with van der Waals surface area (Å²) < 4.78 is 11.3. The molecule has 2 heterocycles. The Hall–Kier alpha value is -2.08. The summed E-state index contributed by atoms with van der Waals surface area (Å²) >= 11 is 0. The van der Waals surface area contributed by atoms with Gasteiger partial charge in [-0.2, -0.15) is 0 Å². The highest BCUT2D eigenvalue weighted by atomic mass is 16.5. The topological polar surface area (TPSA) is 76.1 Å². The van der Waals surface area contributed by atoms with Gasteiger partial charge in [-0.1, -0.05) is 6.07 Å². The molecule has 6 nitrogen and oxygen atoms in total. The lowest BCUT2D eigenvalue weighted by Gasteiger charge is -2.34. The Bertz CT molecular complexity index is 676. The monoisotopic (exact) mass is 331 g/mol. The van der Waals surface area contributed by atoms with Gasteiger partial charge in [-0.25, -0.2) is 4.79 Å². The molecule has 1 spiro atoms. The molecule has 1 saturated carbocycles. The molecule has 1 aromatic carbocycles. The standard InChI is InChI=1S/C18H21NO5/c20-16(12-3-7-23-8-4-12)19-10-14-2-1-13(17(21)22)9-15(14)24-11-18(19)5-6-18/h1-2,9,12H,3-8,10-11H2,(H,21,22). The highest BCUT2D eigenvalue weighted by molar-refractivity contribution is 5.88. The van der Waals surface area contributed by atoms with Gasteiger partial charge in [-0.15, -0.1) is 0 Å². The minimum atomic E-state index is -0.970. The first kappa shape index (κ1) is 15.4. The van der Waals surface area contributed by atoms with Crippen LogP contribution in [0, 0.1) is 5.92 Å². The van der Waals surface area contributed by atoms with Crippen molar-refractivity contribution in [3.63, 3.8) is 0 Å². The maximum absolute atomic E-state index is 13.1. The number of amides is 1. The quantitative estimate of drug-likeness (QED) is 0.898. The number of benzene rings is 1. The molecule has 128 valence electrons. The van der Waals surface area contributed by atoms with E-state index in [2.05, 4.69) is 0 Å². The molecule has 0 atom stereocenters. The number of ether oxygens (including phenoxy) is 2. The Labute approximate surface area is 140 Å². The average molecular weight is 331 g/mol. The number of hydrogen-bond donors (Lipinski definition) is 1. The van der Waals surface area contributed by atoms with Crippen molar-refractivity contribution in [3.05, 3.63) is 29.3 Å². The summed E-state index contributed by atoms with van der Waals surface area (Å²) in [7, 11) is 0. The van der Waals surface area contributed by atoms with Crippen LogP contribution >= 0.6 is 0 Å². The van der Waals surface area contributed by atoms with Gasteiger partial charge in [-0.3, -0.25) is 4.79 Å². The number of carbonyl (C=O) groups is 2. The van der Waals surface area contributed by atoms with E-state index in [0.717, 1.165) is 31.2 Å². The molecule has 6 heteroatoms. The molecule has 2 fully saturated rings. The van der Waals surface area contributed by atoms with Crippen molar-refractivity contribution in [3.8, 4) is 5.75 Å². The van der Waals surface area contributed by atoms with Gasteiger partial charge in [0.15, 0.2) is 0 Å². The molecule has 4 rings (SSSR count). The van der Waals surface area contributed by atoms with Gasteiger partial charge >= 0.3 is 5.97 Å². The van der Waals surface area contributed by atoms with Crippen molar-refractivity contribution < 1.29 is 24.2 Å². The Morgan fingerprint density at radius 3 is 2.62 bits per heavy atom.